The van der Waals surface area contributed by atoms with E-state index in [1.807, 2.05) is 0 Å². The van der Waals surface area contributed by atoms with E-state index in [0.717, 1.165) is 0 Å². The van der Waals surface area contributed by atoms with Crippen molar-refractivity contribution in [2.24, 2.45) is 5.84 Å². The average Bonchev–Trinajstić information content (AvgIpc) is 2.89. The van der Waals surface area contributed by atoms with Crippen LogP contribution in [0, 0.1) is 0 Å². The van der Waals surface area contributed by atoms with Crippen LogP contribution in [0.15, 0.2) is 18.3 Å². The highest BCUT2D eigenvalue weighted by atomic mass is 16.5. The number of methoxy groups -OCH3 is 2. The molecule has 1 amide bonds. The first-order valence-electron chi connectivity index (χ1n) is 5.97. The largest absolute Gasteiger partial charge is 0.377 e. The summed E-state index contributed by atoms with van der Waals surface area (Å²) in [5.74, 6) is 5.16. The highest BCUT2D eigenvalue weighted by Crippen LogP contribution is 2.18. The van der Waals surface area contributed by atoms with Crippen LogP contribution in [0.25, 0.3) is 0 Å². The van der Waals surface area contributed by atoms with E-state index in [-0.39, 0.29) is 18.1 Å². The summed E-state index contributed by atoms with van der Waals surface area (Å²) in [7, 11) is 3.23. The number of rotatable bonds is 4. The van der Waals surface area contributed by atoms with Crippen molar-refractivity contribution in [3.05, 3.63) is 24.0 Å². The third kappa shape index (κ3) is 2.83. The summed E-state index contributed by atoms with van der Waals surface area (Å²) in [6, 6.07) is 3.31. The van der Waals surface area contributed by atoms with Gasteiger partial charge in [-0.15, -0.1) is 0 Å². The Morgan fingerprint density at radius 1 is 1.42 bits per heavy atom. The van der Waals surface area contributed by atoms with Gasteiger partial charge in [0.25, 0.3) is 5.91 Å². The number of amides is 1. The highest BCUT2D eigenvalue weighted by molar-refractivity contribution is 5.93. The fourth-order valence-electron chi connectivity index (χ4n) is 2.16. The summed E-state index contributed by atoms with van der Waals surface area (Å²) in [6.45, 7) is 0.992. The Labute approximate surface area is 111 Å². The lowest BCUT2D eigenvalue weighted by Gasteiger charge is -2.15. The summed E-state index contributed by atoms with van der Waals surface area (Å²) in [6.07, 6.45) is 1.33. The number of likely N-dealkylation sites (tertiary alicyclic amines) is 1. The minimum Gasteiger partial charge on any atom is -0.377 e. The maximum atomic E-state index is 12.3. The lowest BCUT2D eigenvalue weighted by molar-refractivity contribution is -0.00461. The van der Waals surface area contributed by atoms with Crippen LogP contribution in [0.3, 0.4) is 0 Å². The number of aromatic nitrogens is 1. The predicted molar refractivity (Wildman–Crippen MR) is 69.5 cm³/mol. The van der Waals surface area contributed by atoms with Crippen LogP contribution in [0.4, 0.5) is 5.69 Å². The van der Waals surface area contributed by atoms with Gasteiger partial charge in [0.1, 0.15) is 17.9 Å². The minimum absolute atomic E-state index is 0.107. The Morgan fingerprint density at radius 3 is 2.58 bits per heavy atom. The Hall–Kier alpha value is -1.70. The summed E-state index contributed by atoms with van der Waals surface area (Å²) in [5.41, 5.74) is 3.48. The van der Waals surface area contributed by atoms with Gasteiger partial charge in [0, 0.05) is 33.5 Å². The van der Waals surface area contributed by atoms with Gasteiger partial charge in [0.05, 0.1) is 5.69 Å². The molecule has 1 saturated heterocycles. The number of hydrazine groups is 1. The first-order chi connectivity index (χ1) is 9.19. The Bertz CT molecular complexity index is 442. The van der Waals surface area contributed by atoms with Gasteiger partial charge in [0.2, 0.25) is 0 Å². The molecule has 0 radical (unpaired) electrons. The fourth-order valence-corrected chi connectivity index (χ4v) is 2.16. The van der Waals surface area contributed by atoms with Crippen molar-refractivity contribution in [3.8, 4) is 0 Å². The fraction of sp³-hybridized carbons (Fsp3) is 0.500. The molecule has 2 atom stereocenters. The van der Waals surface area contributed by atoms with Crippen molar-refractivity contribution < 1.29 is 14.3 Å². The number of nitrogens with two attached hydrogens (primary N) is 1. The number of nitrogens with zero attached hydrogens (tertiary/aromatic N) is 2. The van der Waals surface area contributed by atoms with Crippen molar-refractivity contribution in [1.82, 2.24) is 9.88 Å². The molecule has 0 aromatic carbocycles. The van der Waals surface area contributed by atoms with E-state index < -0.39 is 0 Å². The summed E-state index contributed by atoms with van der Waals surface area (Å²) in [5, 5.41) is 0. The van der Waals surface area contributed by atoms with E-state index in [4.69, 9.17) is 15.3 Å². The number of hydrogen-bond donors (Lipinski definition) is 2. The smallest absolute Gasteiger partial charge is 0.272 e. The summed E-state index contributed by atoms with van der Waals surface area (Å²) >= 11 is 0. The van der Waals surface area contributed by atoms with Crippen LogP contribution in [0.5, 0.6) is 0 Å². The van der Waals surface area contributed by atoms with E-state index in [1.165, 1.54) is 0 Å². The molecule has 0 saturated carbocycles. The molecule has 104 valence electrons. The molecule has 1 aromatic heterocycles. The molecule has 1 aliphatic rings. The maximum absolute atomic E-state index is 12.3. The Balaban J connectivity index is 2.12. The van der Waals surface area contributed by atoms with Crippen LogP contribution in [-0.4, -0.2) is 55.3 Å². The standard InChI is InChI=1S/C12H18N4O3/c1-18-10-6-16(7-11(10)19-2)12(17)9-5-8(15-13)3-4-14-9/h3-5,10-11H,6-7,13H2,1-2H3,(H,14,15). The first kappa shape index (κ1) is 13.7. The maximum Gasteiger partial charge on any atom is 0.272 e. The molecule has 0 spiro atoms. The number of nitrogen functional groups attached to an aromatic ring is 1. The molecule has 2 unspecified atom stereocenters. The van der Waals surface area contributed by atoms with Gasteiger partial charge in [-0.3, -0.25) is 15.6 Å². The monoisotopic (exact) mass is 266 g/mol. The molecule has 2 heterocycles. The molecule has 0 bridgehead atoms. The first-order valence-corrected chi connectivity index (χ1v) is 5.97. The van der Waals surface area contributed by atoms with E-state index in [2.05, 4.69) is 10.4 Å². The molecule has 3 N–H and O–H groups in total. The van der Waals surface area contributed by atoms with Crippen molar-refractivity contribution in [2.45, 2.75) is 12.2 Å². The van der Waals surface area contributed by atoms with E-state index in [1.54, 1.807) is 37.4 Å². The van der Waals surface area contributed by atoms with Crippen LogP contribution in [-0.2, 0) is 9.47 Å². The second-order valence-electron chi connectivity index (χ2n) is 4.33. The van der Waals surface area contributed by atoms with Crippen LogP contribution >= 0.6 is 0 Å². The van der Waals surface area contributed by atoms with Crippen molar-refractivity contribution >= 4 is 11.6 Å². The van der Waals surface area contributed by atoms with Crippen LogP contribution in [0.2, 0.25) is 0 Å². The van der Waals surface area contributed by atoms with Crippen LogP contribution in [0.1, 0.15) is 10.5 Å². The van der Waals surface area contributed by atoms with E-state index >= 15 is 0 Å². The normalized spacial score (nSPS) is 22.6. The molecular formula is C12H18N4O3. The number of hydrogen-bond acceptors (Lipinski definition) is 6. The average molecular weight is 266 g/mol. The second-order valence-corrected chi connectivity index (χ2v) is 4.33. The molecule has 1 aromatic rings. The molecule has 0 aliphatic carbocycles. The zero-order valence-electron chi connectivity index (χ0n) is 11.0. The molecule has 7 heteroatoms. The third-order valence-corrected chi connectivity index (χ3v) is 3.25. The lowest BCUT2D eigenvalue weighted by Crippen LogP contribution is -2.30. The zero-order valence-corrected chi connectivity index (χ0v) is 11.0. The Kier molecular flexibility index (Phi) is 4.31. The number of anilines is 1. The van der Waals surface area contributed by atoms with Gasteiger partial charge < -0.3 is 19.8 Å². The number of pyridine rings is 1. The number of nitrogens with one attached hydrogen (secondary N) is 1. The number of carbonyl (C=O) groups is 1. The van der Waals surface area contributed by atoms with Gasteiger partial charge in [-0.2, -0.15) is 0 Å². The topological polar surface area (TPSA) is 89.7 Å². The van der Waals surface area contributed by atoms with Gasteiger partial charge in [-0.1, -0.05) is 0 Å². The number of ether oxygens (including phenoxy) is 2. The van der Waals surface area contributed by atoms with Crippen molar-refractivity contribution in [2.75, 3.05) is 32.7 Å². The molecule has 1 aliphatic heterocycles. The Morgan fingerprint density at radius 2 is 2.05 bits per heavy atom. The molecule has 19 heavy (non-hydrogen) atoms. The van der Waals surface area contributed by atoms with E-state index in [9.17, 15) is 4.79 Å². The van der Waals surface area contributed by atoms with Crippen molar-refractivity contribution in [3.63, 3.8) is 0 Å². The van der Waals surface area contributed by atoms with Gasteiger partial charge in [0.15, 0.2) is 0 Å². The SMILES string of the molecule is COC1CN(C(=O)c2cc(NN)ccn2)CC1OC. The summed E-state index contributed by atoms with van der Waals surface area (Å²) in [4.78, 5) is 18.1. The van der Waals surface area contributed by atoms with Crippen molar-refractivity contribution in [1.29, 1.82) is 0 Å². The molecule has 7 nitrogen and oxygen atoms in total. The van der Waals surface area contributed by atoms with Gasteiger partial charge in [-0.25, -0.2) is 0 Å². The molecular weight excluding hydrogens is 248 g/mol. The number of carbonyl (C=O) groups excluding carboxylic acids is 1. The quantitative estimate of drug-likeness (QED) is 0.582. The third-order valence-electron chi connectivity index (χ3n) is 3.25. The molecule has 1 fully saturated rings. The molecule has 2 rings (SSSR count). The van der Waals surface area contributed by atoms with Gasteiger partial charge >= 0.3 is 0 Å². The highest BCUT2D eigenvalue weighted by Gasteiger charge is 2.36. The predicted octanol–water partition coefficient (Wildman–Crippen LogP) is -0.147. The summed E-state index contributed by atoms with van der Waals surface area (Å²) < 4.78 is 10.6. The van der Waals surface area contributed by atoms with Crippen LogP contribution < -0.4 is 11.3 Å². The zero-order chi connectivity index (χ0) is 13.8. The lowest BCUT2D eigenvalue weighted by atomic mass is 10.3. The van der Waals surface area contributed by atoms with E-state index in [0.29, 0.717) is 24.5 Å². The van der Waals surface area contributed by atoms with Gasteiger partial charge in [-0.05, 0) is 12.1 Å². The minimum atomic E-state index is -0.154. The second kappa shape index (κ2) is 5.96.